The summed E-state index contributed by atoms with van der Waals surface area (Å²) in [6.07, 6.45) is 1.34. The van der Waals surface area contributed by atoms with Crippen molar-refractivity contribution in [3.05, 3.63) is 62.6 Å². The molecule has 0 atom stereocenters. The first kappa shape index (κ1) is 19.1. The molecule has 7 heteroatoms. The molecule has 25 heavy (non-hydrogen) atoms. The van der Waals surface area contributed by atoms with Gasteiger partial charge in [-0.05, 0) is 42.8 Å². The number of nitriles is 1. The first-order valence-corrected chi connectivity index (χ1v) is 8.38. The molecular weight excluding hydrogens is 383 g/mol. The molecule has 2 aromatic carbocycles. The van der Waals surface area contributed by atoms with Gasteiger partial charge < -0.3 is 10.1 Å². The number of amides is 1. The van der Waals surface area contributed by atoms with Crippen LogP contribution >= 0.6 is 34.8 Å². The van der Waals surface area contributed by atoms with Crippen molar-refractivity contribution >= 4 is 52.5 Å². The second-order valence-corrected chi connectivity index (χ2v) is 6.10. The maximum atomic E-state index is 12.3. The van der Waals surface area contributed by atoms with Gasteiger partial charge in [0, 0.05) is 16.8 Å². The molecule has 0 aliphatic carbocycles. The highest BCUT2D eigenvalue weighted by atomic mass is 35.5. The Morgan fingerprint density at radius 2 is 2.04 bits per heavy atom. The average Bonchev–Trinajstić information content (AvgIpc) is 2.57. The molecule has 0 unspecified atom stereocenters. The molecule has 2 aromatic rings. The fraction of sp³-hybridized carbons (Fsp3) is 0.111. The normalized spacial score (nSPS) is 10.9. The van der Waals surface area contributed by atoms with Gasteiger partial charge in [0.05, 0.1) is 16.7 Å². The minimum Gasteiger partial charge on any atom is -0.494 e. The van der Waals surface area contributed by atoms with Crippen LogP contribution in [0.3, 0.4) is 0 Å². The number of halogens is 3. The number of rotatable bonds is 5. The summed E-state index contributed by atoms with van der Waals surface area (Å²) in [6.45, 7) is 2.37. The maximum Gasteiger partial charge on any atom is 0.266 e. The van der Waals surface area contributed by atoms with E-state index >= 15 is 0 Å². The highest BCUT2D eigenvalue weighted by Gasteiger charge is 2.13. The second kappa shape index (κ2) is 8.77. The predicted octanol–water partition coefficient (Wildman–Crippen LogP) is 5.59. The smallest absolute Gasteiger partial charge is 0.266 e. The van der Waals surface area contributed by atoms with Gasteiger partial charge in [-0.2, -0.15) is 5.26 Å². The molecule has 0 spiro atoms. The van der Waals surface area contributed by atoms with Crippen LogP contribution in [0.1, 0.15) is 12.5 Å². The van der Waals surface area contributed by atoms with E-state index < -0.39 is 5.91 Å². The first-order chi connectivity index (χ1) is 11.9. The molecule has 0 heterocycles. The molecule has 2 rings (SSSR count). The summed E-state index contributed by atoms with van der Waals surface area (Å²) in [5.41, 5.74) is 0.753. The van der Waals surface area contributed by atoms with Crippen molar-refractivity contribution < 1.29 is 9.53 Å². The molecule has 0 bridgehead atoms. The lowest BCUT2D eigenvalue weighted by Gasteiger charge is -2.08. The predicted molar refractivity (Wildman–Crippen MR) is 101 cm³/mol. The topological polar surface area (TPSA) is 62.1 Å². The highest BCUT2D eigenvalue weighted by Crippen LogP contribution is 2.31. The molecule has 0 fully saturated rings. The van der Waals surface area contributed by atoms with Crippen molar-refractivity contribution in [2.45, 2.75) is 6.92 Å². The number of carbonyl (C=O) groups excluding carboxylic acids is 1. The summed E-state index contributed by atoms with van der Waals surface area (Å²) >= 11 is 18.0. The Morgan fingerprint density at radius 1 is 1.28 bits per heavy atom. The molecule has 4 nitrogen and oxygen atoms in total. The largest absolute Gasteiger partial charge is 0.494 e. The fourth-order valence-electron chi connectivity index (χ4n) is 2.01. The van der Waals surface area contributed by atoms with Crippen molar-refractivity contribution in [2.24, 2.45) is 0 Å². The summed E-state index contributed by atoms with van der Waals surface area (Å²) in [7, 11) is 0. The van der Waals surface area contributed by atoms with Gasteiger partial charge in [-0.1, -0.05) is 40.9 Å². The standard InChI is InChI=1S/C18H13Cl3N2O2/c1-2-25-15-5-3-4-14(9-15)23-18(24)12(10-22)6-11-7-13(19)8-16(20)17(11)21/h3-9H,2H2,1H3,(H,23,24)/b12-6-. The number of nitrogens with one attached hydrogen (secondary N) is 1. The van der Waals surface area contributed by atoms with Crippen LogP contribution in [-0.2, 0) is 4.79 Å². The third-order valence-corrected chi connectivity index (χ3v) is 4.12. The lowest BCUT2D eigenvalue weighted by Crippen LogP contribution is -2.13. The minimum atomic E-state index is -0.580. The molecular formula is C18H13Cl3N2O2. The number of hydrogen-bond acceptors (Lipinski definition) is 3. The molecule has 1 amide bonds. The number of carbonyl (C=O) groups is 1. The van der Waals surface area contributed by atoms with Gasteiger partial charge >= 0.3 is 0 Å². The number of ether oxygens (including phenoxy) is 1. The summed E-state index contributed by atoms with van der Waals surface area (Å²) in [5.74, 6) is 0.0377. The summed E-state index contributed by atoms with van der Waals surface area (Å²) < 4.78 is 5.37. The third-order valence-electron chi connectivity index (χ3n) is 3.09. The highest BCUT2D eigenvalue weighted by molar-refractivity contribution is 6.44. The van der Waals surface area contributed by atoms with E-state index in [0.717, 1.165) is 0 Å². The molecule has 0 aliphatic heterocycles. The monoisotopic (exact) mass is 394 g/mol. The van der Waals surface area contributed by atoms with Gasteiger partial charge in [-0.3, -0.25) is 4.79 Å². The summed E-state index contributed by atoms with van der Waals surface area (Å²) in [5, 5.41) is 12.7. The van der Waals surface area contributed by atoms with E-state index in [1.165, 1.54) is 18.2 Å². The van der Waals surface area contributed by atoms with Crippen LogP contribution in [0.2, 0.25) is 15.1 Å². The molecule has 0 saturated carbocycles. The summed E-state index contributed by atoms with van der Waals surface area (Å²) in [4.78, 5) is 12.3. The van der Waals surface area contributed by atoms with Crippen LogP contribution in [0.25, 0.3) is 6.08 Å². The van der Waals surface area contributed by atoms with E-state index in [2.05, 4.69) is 5.32 Å². The Labute approximate surface area is 160 Å². The van der Waals surface area contributed by atoms with Crippen LogP contribution in [-0.4, -0.2) is 12.5 Å². The molecule has 0 saturated heterocycles. The second-order valence-electron chi connectivity index (χ2n) is 4.88. The van der Waals surface area contributed by atoms with E-state index in [4.69, 9.17) is 39.5 Å². The molecule has 128 valence electrons. The lowest BCUT2D eigenvalue weighted by molar-refractivity contribution is -0.112. The maximum absolute atomic E-state index is 12.3. The van der Waals surface area contributed by atoms with Crippen LogP contribution in [0.5, 0.6) is 5.75 Å². The van der Waals surface area contributed by atoms with Crippen LogP contribution in [0.4, 0.5) is 5.69 Å². The van der Waals surface area contributed by atoms with Crippen LogP contribution in [0, 0.1) is 11.3 Å². The fourth-order valence-corrected chi connectivity index (χ4v) is 2.69. The van der Waals surface area contributed by atoms with Gasteiger partial charge in [0.1, 0.15) is 17.4 Å². The van der Waals surface area contributed by atoms with Crippen molar-refractivity contribution in [1.82, 2.24) is 0 Å². The van der Waals surface area contributed by atoms with Crippen LogP contribution in [0.15, 0.2) is 42.0 Å². The van der Waals surface area contributed by atoms with Gasteiger partial charge in [0.2, 0.25) is 0 Å². The number of anilines is 1. The van der Waals surface area contributed by atoms with Gasteiger partial charge in [-0.15, -0.1) is 0 Å². The minimum absolute atomic E-state index is 0.137. The van der Waals surface area contributed by atoms with E-state index in [1.54, 1.807) is 24.3 Å². The Balaban J connectivity index is 2.28. The van der Waals surface area contributed by atoms with Crippen molar-refractivity contribution in [3.63, 3.8) is 0 Å². The van der Waals surface area contributed by atoms with E-state index in [1.807, 2.05) is 13.0 Å². The zero-order valence-corrected chi connectivity index (χ0v) is 15.4. The Morgan fingerprint density at radius 3 is 2.72 bits per heavy atom. The number of hydrogen-bond donors (Lipinski definition) is 1. The molecule has 1 N–H and O–H groups in total. The first-order valence-electron chi connectivity index (χ1n) is 7.25. The van der Waals surface area contributed by atoms with E-state index in [9.17, 15) is 10.1 Å². The van der Waals surface area contributed by atoms with E-state index in [0.29, 0.717) is 28.6 Å². The summed E-state index contributed by atoms with van der Waals surface area (Å²) in [6, 6.07) is 11.7. The molecule has 0 aliphatic rings. The number of nitrogens with zero attached hydrogens (tertiary/aromatic N) is 1. The van der Waals surface area contributed by atoms with Crippen molar-refractivity contribution in [1.29, 1.82) is 5.26 Å². The zero-order chi connectivity index (χ0) is 18.4. The molecule has 0 aromatic heterocycles. The number of benzene rings is 2. The SMILES string of the molecule is CCOc1cccc(NC(=O)/C(C#N)=C\c2cc(Cl)cc(Cl)c2Cl)c1. The van der Waals surface area contributed by atoms with E-state index in [-0.39, 0.29) is 15.6 Å². The van der Waals surface area contributed by atoms with Crippen molar-refractivity contribution in [3.8, 4) is 11.8 Å². The average molecular weight is 396 g/mol. The Bertz CT molecular complexity index is 873. The van der Waals surface area contributed by atoms with Gasteiger partial charge in [0.15, 0.2) is 0 Å². The molecule has 0 radical (unpaired) electrons. The van der Waals surface area contributed by atoms with Crippen molar-refractivity contribution in [2.75, 3.05) is 11.9 Å². The zero-order valence-electron chi connectivity index (χ0n) is 13.1. The Kier molecular flexibility index (Phi) is 6.72. The Hall–Kier alpha value is -2.19. The lowest BCUT2D eigenvalue weighted by atomic mass is 10.1. The van der Waals surface area contributed by atoms with Gasteiger partial charge in [0.25, 0.3) is 5.91 Å². The van der Waals surface area contributed by atoms with Crippen LogP contribution < -0.4 is 10.1 Å². The van der Waals surface area contributed by atoms with Gasteiger partial charge in [-0.25, -0.2) is 0 Å². The quantitative estimate of drug-likeness (QED) is 0.408. The third kappa shape index (κ3) is 5.14.